The van der Waals surface area contributed by atoms with Gasteiger partial charge in [-0.25, -0.2) is 9.22 Å². The molecule has 0 radical (unpaired) electrons. The summed E-state index contributed by atoms with van der Waals surface area (Å²) in [5.74, 6) is -0.0429. The average molecular weight is 350 g/mol. The second-order valence-electron chi connectivity index (χ2n) is 5.51. The Morgan fingerprint density at radius 1 is 1.17 bits per heavy atom. The van der Waals surface area contributed by atoms with E-state index in [-0.39, 0.29) is 11.0 Å². The molecule has 0 saturated heterocycles. The first-order chi connectivity index (χ1) is 11.3. The highest BCUT2D eigenvalue weighted by atomic mass is 32.2. The lowest BCUT2D eigenvalue weighted by Crippen LogP contribution is -2.18. The third-order valence-corrected chi connectivity index (χ3v) is 4.28. The van der Waals surface area contributed by atoms with Gasteiger partial charge >= 0.3 is 0 Å². The molecular formula is C17H19FN2O3S. The van der Waals surface area contributed by atoms with Crippen LogP contribution in [0.15, 0.2) is 52.5 Å². The first kappa shape index (κ1) is 17.9. The van der Waals surface area contributed by atoms with Gasteiger partial charge in [0.25, 0.3) is 10.0 Å². The lowest BCUT2D eigenvalue weighted by Gasteiger charge is -2.12. The van der Waals surface area contributed by atoms with Crippen molar-refractivity contribution in [3.63, 3.8) is 0 Å². The van der Waals surface area contributed by atoms with Crippen LogP contribution in [0.2, 0.25) is 0 Å². The molecule has 0 spiro atoms. The van der Waals surface area contributed by atoms with Gasteiger partial charge in [-0.3, -0.25) is 0 Å². The SMILES string of the molecule is Cc1ccc(S(=O)(=O)N/N=C\c2cc(F)ccc2OC(C)C)cc1. The number of ether oxygens (including phenoxy) is 1. The van der Waals surface area contributed by atoms with Gasteiger partial charge in [-0.2, -0.15) is 13.5 Å². The molecule has 0 unspecified atom stereocenters. The van der Waals surface area contributed by atoms with Gasteiger partial charge in [-0.1, -0.05) is 17.7 Å². The Labute approximate surface area is 141 Å². The summed E-state index contributed by atoms with van der Waals surface area (Å²) in [6, 6.07) is 10.3. The van der Waals surface area contributed by atoms with Crippen molar-refractivity contribution in [1.82, 2.24) is 4.83 Å². The molecule has 0 aliphatic rings. The molecule has 0 aliphatic carbocycles. The highest BCUT2D eigenvalue weighted by Gasteiger charge is 2.12. The molecule has 128 valence electrons. The van der Waals surface area contributed by atoms with Crippen LogP contribution in [-0.2, 0) is 10.0 Å². The summed E-state index contributed by atoms with van der Waals surface area (Å²) >= 11 is 0. The summed E-state index contributed by atoms with van der Waals surface area (Å²) in [6.45, 7) is 5.54. The zero-order valence-corrected chi connectivity index (χ0v) is 14.5. The molecule has 1 N–H and O–H groups in total. The van der Waals surface area contributed by atoms with Crippen LogP contribution in [0.1, 0.15) is 25.0 Å². The fourth-order valence-corrected chi connectivity index (χ4v) is 2.71. The van der Waals surface area contributed by atoms with Crippen molar-refractivity contribution in [3.05, 3.63) is 59.4 Å². The largest absolute Gasteiger partial charge is 0.490 e. The average Bonchev–Trinajstić information content (AvgIpc) is 2.50. The van der Waals surface area contributed by atoms with E-state index >= 15 is 0 Å². The Morgan fingerprint density at radius 3 is 2.46 bits per heavy atom. The summed E-state index contributed by atoms with van der Waals surface area (Å²) < 4.78 is 43.2. The third-order valence-electron chi connectivity index (χ3n) is 3.04. The predicted octanol–water partition coefficient (Wildman–Crippen LogP) is 3.23. The van der Waals surface area contributed by atoms with E-state index in [0.717, 1.165) is 5.56 Å². The summed E-state index contributed by atoms with van der Waals surface area (Å²) in [4.78, 5) is 2.21. The van der Waals surface area contributed by atoms with E-state index in [0.29, 0.717) is 11.3 Å². The maximum absolute atomic E-state index is 13.4. The second-order valence-corrected chi connectivity index (χ2v) is 7.18. The first-order valence-corrected chi connectivity index (χ1v) is 8.84. The van der Waals surface area contributed by atoms with E-state index in [1.807, 2.05) is 20.8 Å². The van der Waals surface area contributed by atoms with E-state index in [1.165, 1.54) is 36.5 Å². The van der Waals surface area contributed by atoms with E-state index in [1.54, 1.807) is 12.1 Å². The number of aryl methyl sites for hydroxylation is 1. The zero-order chi connectivity index (χ0) is 17.7. The molecule has 2 rings (SSSR count). The van der Waals surface area contributed by atoms with E-state index < -0.39 is 15.8 Å². The van der Waals surface area contributed by atoms with Crippen molar-refractivity contribution in [2.24, 2.45) is 5.10 Å². The van der Waals surface area contributed by atoms with Crippen molar-refractivity contribution in [3.8, 4) is 5.75 Å². The van der Waals surface area contributed by atoms with Crippen LogP contribution in [0.4, 0.5) is 4.39 Å². The molecule has 0 atom stereocenters. The minimum absolute atomic E-state index is 0.100. The van der Waals surface area contributed by atoms with E-state index in [4.69, 9.17) is 4.74 Å². The zero-order valence-electron chi connectivity index (χ0n) is 13.7. The highest BCUT2D eigenvalue weighted by molar-refractivity contribution is 7.89. The molecule has 5 nitrogen and oxygen atoms in total. The maximum Gasteiger partial charge on any atom is 0.276 e. The van der Waals surface area contributed by atoms with Gasteiger partial charge < -0.3 is 4.74 Å². The topological polar surface area (TPSA) is 67.8 Å². The molecule has 0 heterocycles. The number of benzene rings is 2. The van der Waals surface area contributed by atoms with Crippen molar-refractivity contribution in [1.29, 1.82) is 0 Å². The Morgan fingerprint density at radius 2 is 1.83 bits per heavy atom. The van der Waals surface area contributed by atoms with Crippen LogP contribution in [0.3, 0.4) is 0 Å². The van der Waals surface area contributed by atoms with Crippen LogP contribution >= 0.6 is 0 Å². The van der Waals surface area contributed by atoms with E-state index in [9.17, 15) is 12.8 Å². The fourth-order valence-electron chi connectivity index (χ4n) is 1.92. The Bertz CT molecular complexity index is 831. The third kappa shape index (κ3) is 4.79. The van der Waals surface area contributed by atoms with Crippen molar-refractivity contribution in [2.75, 3.05) is 0 Å². The number of nitrogens with one attached hydrogen (secondary N) is 1. The molecule has 2 aromatic carbocycles. The highest BCUT2D eigenvalue weighted by Crippen LogP contribution is 2.19. The number of nitrogens with zero attached hydrogens (tertiary/aromatic N) is 1. The molecule has 24 heavy (non-hydrogen) atoms. The monoisotopic (exact) mass is 350 g/mol. The van der Waals surface area contributed by atoms with Gasteiger partial charge in [0, 0.05) is 5.56 Å². The number of sulfonamides is 1. The summed E-state index contributed by atoms with van der Waals surface area (Å²) in [7, 11) is -3.78. The van der Waals surface area contributed by atoms with Crippen LogP contribution in [0.5, 0.6) is 5.75 Å². The molecule has 0 aromatic heterocycles. The number of hydrogen-bond donors (Lipinski definition) is 1. The van der Waals surface area contributed by atoms with Crippen LogP contribution < -0.4 is 9.57 Å². The summed E-state index contributed by atoms with van der Waals surface area (Å²) in [5, 5.41) is 3.71. The minimum Gasteiger partial charge on any atom is -0.490 e. The summed E-state index contributed by atoms with van der Waals surface area (Å²) in [5.41, 5.74) is 1.29. The van der Waals surface area contributed by atoms with Crippen LogP contribution in [-0.4, -0.2) is 20.7 Å². The lowest BCUT2D eigenvalue weighted by atomic mass is 10.2. The van der Waals surface area contributed by atoms with Crippen LogP contribution in [0.25, 0.3) is 0 Å². The van der Waals surface area contributed by atoms with Crippen molar-refractivity contribution >= 4 is 16.2 Å². The molecular weight excluding hydrogens is 331 g/mol. The normalized spacial score (nSPS) is 11.9. The quantitative estimate of drug-likeness (QED) is 0.642. The second kappa shape index (κ2) is 7.44. The van der Waals surface area contributed by atoms with Gasteiger partial charge in [-0.05, 0) is 51.1 Å². The molecule has 7 heteroatoms. The standard InChI is InChI=1S/C17H19FN2O3S/c1-12(2)23-17-9-6-15(18)10-14(17)11-19-20-24(21,22)16-7-4-13(3)5-8-16/h4-12,20H,1-3H3/b19-11-. The van der Waals surface area contributed by atoms with Gasteiger partial charge in [0.05, 0.1) is 17.2 Å². The smallest absolute Gasteiger partial charge is 0.276 e. The van der Waals surface area contributed by atoms with Gasteiger partial charge in [0.15, 0.2) is 0 Å². The van der Waals surface area contributed by atoms with Crippen molar-refractivity contribution in [2.45, 2.75) is 31.8 Å². The Hall–Kier alpha value is -2.41. The van der Waals surface area contributed by atoms with Gasteiger partial charge in [0.1, 0.15) is 11.6 Å². The van der Waals surface area contributed by atoms with Crippen molar-refractivity contribution < 1.29 is 17.5 Å². The minimum atomic E-state index is -3.78. The number of rotatable bonds is 6. The fraction of sp³-hybridized carbons (Fsp3) is 0.235. The predicted molar refractivity (Wildman–Crippen MR) is 91.3 cm³/mol. The summed E-state index contributed by atoms with van der Waals surface area (Å²) in [6.07, 6.45) is 1.11. The number of hydrogen-bond acceptors (Lipinski definition) is 4. The molecule has 0 fully saturated rings. The molecule has 2 aromatic rings. The first-order valence-electron chi connectivity index (χ1n) is 7.35. The lowest BCUT2D eigenvalue weighted by molar-refractivity contribution is 0.242. The molecule has 0 saturated carbocycles. The Balaban J connectivity index is 2.19. The molecule has 0 aliphatic heterocycles. The van der Waals surface area contributed by atoms with Gasteiger partial charge in [0.2, 0.25) is 0 Å². The number of hydrazone groups is 1. The van der Waals surface area contributed by atoms with Crippen LogP contribution in [0, 0.1) is 12.7 Å². The van der Waals surface area contributed by atoms with Gasteiger partial charge in [-0.15, -0.1) is 0 Å². The van der Waals surface area contributed by atoms with E-state index in [2.05, 4.69) is 9.93 Å². The Kier molecular flexibility index (Phi) is 5.56. The maximum atomic E-state index is 13.4. The molecule has 0 bridgehead atoms. The number of halogens is 1. The molecule has 0 amide bonds.